The highest BCUT2D eigenvalue weighted by Gasteiger charge is 2.20. The van der Waals surface area contributed by atoms with Crippen LogP contribution in [0.3, 0.4) is 0 Å². The van der Waals surface area contributed by atoms with Gasteiger partial charge in [-0.05, 0) is 56.1 Å². The third-order valence-corrected chi connectivity index (χ3v) is 3.97. The Kier molecular flexibility index (Phi) is 4.91. The molecule has 21 heavy (non-hydrogen) atoms. The van der Waals surface area contributed by atoms with Crippen molar-refractivity contribution < 1.29 is 9.21 Å². The van der Waals surface area contributed by atoms with E-state index in [2.05, 4.69) is 25.2 Å². The van der Waals surface area contributed by atoms with Crippen LogP contribution < -0.4 is 5.32 Å². The molecule has 0 bridgehead atoms. The lowest BCUT2D eigenvalue weighted by Gasteiger charge is -2.18. The van der Waals surface area contributed by atoms with E-state index in [1.807, 2.05) is 17.0 Å². The molecule has 1 aliphatic rings. The van der Waals surface area contributed by atoms with Crippen molar-refractivity contribution in [2.45, 2.75) is 20.3 Å². The third kappa shape index (κ3) is 3.22. The molecule has 1 aliphatic heterocycles. The van der Waals surface area contributed by atoms with Crippen LogP contribution in [0.4, 0.5) is 0 Å². The quantitative estimate of drug-likeness (QED) is 0.881. The maximum absolute atomic E-state index is 12.5. The predicted molar refractivity (Wildman–Crippen MR) is 86.3 cm³/mol. The molecule has 0 spiro atoms. The van der Waals surface area contributed by atoms with Crippen LogP contribution >= 0.6 is 12.4 Å². The highest BCUT2D eigenvalue weighted by molar-refractivity contribution is 5.96. The summed E-state index contributed by atoms with van der Waals surface area (Å²) in [5, 5.41) is 4.30. The summed E-state index contributed by atoms with van der Waals surface area (Å²) in [5.41, 5.74) is 3.20. The van der Waals surface area contributed by atoms with Gasteiger partial charge in [-0.3, -0.25) is 4.79 Å². The minimum Gasteiger partial charge on any atom is -0.451 e. The highest BCUT2D eigenvalue weighted by Crippen LogP contribution is 2.24. The molecule has 2 heterocycles. The number of halogens is 1. The first kappa shape index (κ1) is 15.9. The Hall–Kier alpha value is -1.52. The van der Waals surface area contributed by atoms with Crippen LogP contribution in [-0.2, 0) is 0 Å². The van der Waals surface area contributed by atoms with E-state index in [1.165, 1.54) is 11.1 Å². The van der Waals surface area contributed by atoms with E-state index in [9.17, 15) is 4.79 Å². The average molecular weight is 309 g/mol. The number of hydrogen-bond acceptors (Lipinski definition) is 3. The van der Waals surface area contributed by atoms with Crippen molar-refractivity contribution >= 4 is 29.3 Å². The Morgan fingerprint density at radius 2 is 1.90 bits per heavy atom. The van der Waals surface area contributed by atoms with Crippen LogP contribution in [0.5, 0.6) is 0 Å². The smallest absolute Gasteiger partial charge is 0.289 e. The SMILES string of the molecule is Cc1cc2cc(C(=O)N3CCCNCC3)oc2cc1C.Cl. The zero-order chi connectivity index (χ0) is 14.1. The topological polar surface area (TPSA) is 45.5 Å². The van der Waals surface area contributed by atoms with Crippen molar-refractivity contribution in [2.24, 2.45) is 0 Å². The molecule has 1 amide bonds. The Morgan fingerprint density at radius 1 is 1.14 bits per heavy atom. The van der Waals surface area contributed by atoms with Gasteiger partial charge in [-0.15, -0.1) is 12.4 Å². The first-order valence-electron chi connectivity index (χ1n) is 7.16. The number of nitrogens with zero attached hydrogens (tertiary/aromatic N) is 1. The van der Waals surface area contributed by atoms with E-state index in [4.69, 9.17) is 4.42 Å². The summed E-state index contributed by atoms with van der Waals surface area (Å²) in [6, 6.07) is 5.95. The second-order valence-electron chi connectivity index (χ2n) is 5.48. The Bertz CT molecular complexity index is 604. The van der Waals surface area contributed by atoms with Gasteiger partial charge in [0, 0.05) is 25.0 Å². The van der Waals surface area contributed by atoms with Gasteiger partial charge in [-0.25, -0.2) is 0 Å². The number of amides is 1. The lowest BCUT2D eigenvalue weighted by molar-refractivity contribution is 0.0737. The summed E-state index contributed by atoms with van der Waals surface area (Å²) in [6.45, 7) is 7.49. The van der Waals surface area contributed by atoms with Gasteiger partial charge in [0.15, 0.2) is 5.76 Å². The molecule has 0 unspecified atom stereocenters. The maximum atomic E-state index is 12.5. The highest BCUT2D eigenvalue weighted by atomic mass is 35.5. The number of carbonyl (C=O) groups is 1. The lowest BCUT2D eigenvalue weighted by Crippen LogP contribution is -2.33. The van der Waals surface area contributed by atoms with E-state index < -0.39 is 0 Å². The van der Waals surface area contributed by atoms with Gasteiger partial charge in [-0.1, -0.05) is 0 Å². The number of rotatable bonds is 1. The number of hydrogen-bond donors (Lipinski definition) is 1. The molecule has 1 aromatic carbocycles. The first-order chi connectivity index (χ1) is 9.65. The van der Waals surface area contributed by atoms with Crippen molar-refractivity contribution in [1.29, 1.82) is 0 Å². The van der Waals surface area contributed by atoms with Crippen molar-refractivity contribution in [2.75, 3.05) is 26.2 Å². The van der Waals surface area contributed by atoms with E-state index in [1.54, 1.807) is 0 Å². The molecule has 2 aromatic rings. The zero-order valence-electron chi connectivity index (χ0n) is 12.4. The Morgan fingerprint density at radius 3 is 2.71 bits per heavy atom. The zero-order valence-corrected chi connectivity index (χ0v) is 13.3. The van der Waals surface area contributed by atoms with E-state index >= 15 is 0 Å². The van der Waals surface area contributed by atoms with Crippen LogP contribution in [0, 0.1) is 13.8 Å². The molecule has 1 fully saturated rings. The molecule has 5 heteroatoms. The Balaban J connectivity index is 0.00000161. The first-order valence-corrected chi connectivity index (χ1v) is 7.16. The fourth-order valence-electron chi connectivity index (χ4n) is 2.61. The van der Waals surface area contributed by atoms with Crippen molar-refractivity contribution in [3.63, 3.8) is 0 Å². The second kappa shape index (κ2) is 6.50. The van der Waals surface area contributed by atoms with Gasteiger partial charge in [0.2, 0.25) is 0 Å². The van der Waals surface area contributed by atoms with Gasteiger partial charge in [0.05, 0.1) is 0 Å². The van der Waals surface area contributed by atoms with Crippen molar-refractivity contribution in [3.8, 4) is 0 Å². The number of nitrogens with one attached hydrogen (secondary N) is 1. The molecule has 1 aromatic heterocycles. The van der Waals surface area contributed by atoms with Gasteiger partial charge < -0.3 is 14.6 Å². The molecule has 0 saturated carbocycles. The number of carbonyl (C=O) groups excluding carboxylic acids is 1. The molecule has 3 rings (SSSR count). The van der Waals surface area contributed by atoms with Crippen LogP contribution in [-0.4, -0.2) is 37.0 Å². The van der Waals surface area contributed by atoms with E-state index in [-0.39, 0.29) is 18.3 Å². The molecule has 114 valence electrons. The summed E-state index contributed by atoms with van der Waals surface area (Å²) in [5.74, 6) is 0.451. The van der Waals surface area contributed by atoms with Gasteiger partial charge in [0.1, 0.15) is 5.58 Å². The second-order valence-corrected chi connectivity index (χ2v) is 5.48. The van der Waals surface area contributed by atoms with Gasteiger partial charge >= 0.3 is 0 Å². The molecular formula is C16H21ClN2O2. The van der Waals surface area contributed by atoms with Crippen molar-refractivity contribution in [3.05, 3.63) is 35.1 Å². The Labute approximate surface area is 130 Å². The van der Waals surface area contributed by atoms with E-state index in [0.717, 1.165) is 43.6 Å². The maximum Gasteiger partial charge on any atom is 0.289 e. The number of fused-ring (bicyclic) bond motifs is 1. The lowest BCUT2D eigenvalue weighted by atomic mass is 10.1. The number of benzene rings is 1. The minimum absolute atomic E-state index is 0. The summed E-state index contributed by atoms with van der Waals surface area (Å²) in [7, 11) is 0. The fourth-order valence-corrected chi connectivity index (χ4v) is 2.61. The minimum atomic E-state index is 0. The molecule has 0 atom stereocenters. The largest absolute Gasteiger partial charge is 0.451 e. The standard InChI is InChI=1S/C16H20N2O2.ClH/c1-11-8-13-10-15(20-14(13)9-12(11)2)16(19)18-6-3-4-17-5-7-18;/h8-10,17H,3-7H2,1-2H3;1H. The van der Waals surface area contributed by atoms with Gasteiger partial charge in [-0.2, -0.15) is 0 Å². The molecule has 0 aliphatic carbocycles. The third-order valence-electron chi connectivity index (χ3n) is 3.97. The molecular weight excluding hydrogens is 288 g/mol. The van der Waals surface area contributed by atoms with Crippen LogP contribution in [0.15, 0.2) is 22.6 Å². The summed E-state index contributed by atoms with van der Waals surface area (Å²) in [4.78, 5) is 14.4. The summed E-state index contributed by atoms with van der Waals surface area (Å²) in [6.07, 6.45) is 0.990. The van der Waals surface area contributed by atoms with Gasteiger partial charge in [0.25, 0.3) is 5.91 Å². The average Bonchev–Trinajstić information content (AvgIpc) is 2.66. The summed E-state index contributed by atoms with van der Waals surface area (Å²) >= 11 is 0. The number of furan rings is 1. The number of aryl methyl sites for hydroxylation is 2. The molecule has 1 N–H and O–H groups in total. The summed E-state index contributed by atoms with van der Waals surface area (Å²) < 4.78 is 5.75. The van der Waals surface area contributed by atoms with Crippen LogP contribution in [0.25, 0.3) is 11.0 Å². The molecule has 1 saturated heterocycles. The van der Waals surface area contributed by atoms with Crippen LogP contribution in [0.2, 0.25) is 0 Å². The van der Waals surface area contributed by atoms with Crippen LogP contribution in [0.1, 0.15) is 28.1 Å². The predicted octanol–water partition coefficient (Wildman–Crippen LogP) is 2.91. The van der Waals surface area contributed by atoms with Crippen molar-refractivity contribution in [1.82, 2.24) is 10.2 Å². The monoisotopic (exact) mass is 308 g/mol. The normalized spacial score (nSPS) is 15.6. The molecule has 0 radical (unpaired) electrons. The molecule has 4 nitrogen and oxygen atoms in total. The van der Waals surface area contributed by atoms with E-state index in [0.29, 0.717) is 5.76 Å². The fraction of sp³-hybridized carbons (Fsp3) is 0.438.